The van der Waals surface area contributed by atoms with Crippen LogP contribution in [0.2, 0.25) is 48.8 Å². The van der Waals surface area contributed by atoms with Gasteiger partial charge in [-0.25, -0.2) is 18.2 Å². The normalized spacial score (nSPS) is 25.2. The van der Waals surface area contributed by atoms with Gasteiger partial charge in [0, 0.05) is 36.7 Å². The van der Waals surface area contributed by atoms with Gasteiger partial charge in [0.25, 0.3) is 5.92 Å². The van der Waals surface area contributed by atoms with Crippen molar-refractivity contribution < 1.29 is 36.5 Å². The lowest BCUT2D eigenvalue weighted by atomic mass is 10.1. The van der Waals surface area contributed by atoms with Gasteiger partial charge in [0.2, 0.25) is 0 Å². The van der Waals surface area contributed by atoms with E-state index < -0.39 is 46.7 Å². The van der Waals surface area contributed by atoms with Gasteiger partial charge < -0.3 is 28.7 Å². The van der Waals surface area contributed by atoms with Crippen LogP contribution in [-0.2, 0) is 31.3 Å². The van der Waals surface area contributed by atoms with Crippen LogP contribution in [-0.4, -0.2) is 75.2 Å². The fourth-order valence-corrected chi connectivity index (χ4v) is 8.87. The second-order valence-corrected chi connectivity index (χ2v) is 27.7. The number of fused-ring (bicyclic) bond motifs is 3. The molecule has 2 saturated heterocycles. The number of hydrogen-bond donors (Lipinski definition) is 1. The quantitative estimate of drug-likeness (QED) is 0.152. The predicted molar refractivity (Wildman–Crippen MR) is 192 cm³/mol. The molecule has 5 atom stereocenters. The molecule has 2 fully saturated rings. The maximum atomic E-state index is 15.0. The third-order valence-corrected chi connectivity index (χ3v) is 16.9. The van der Waals surface area contributed by atoms with Crippen molar-refractivity contribution in [1.29, 1.82) is 0 Å². The summed E-state index contributed by atoms with van der Waals surface area (Å²) in [6.45, 7) is 19.1. The van der Waals surface area contributed by atoms with Crippen molar-refractivity contribution in [3.63, 3.8) is 0 Å². The Labute approximate surface area is 300 Å². The minimum absolute atomic E-state index is 0.0370. The minimum Gasteiger partial charge on any atom is -0.456 e. The Morgan fingerprint density at radius 2 is 1.73 bits per heavy atom. The van der Waals surface area contributed by atoms with E-state index in [1.807, 2.05) is 0 Å². The zero-order valence-electron chi connectivity index (χ0n) is 29.1. The van der Waals surface area contributed by atoms with Crippen molar-refractivity contribution in [2.24, 2.45) is 0 Å². The van der Waals surface area contributed by atoms with E-state index in [9.17, 15) is 0 Å². The SMILES string of the molecule is CC(C)(C)[Si](C)(C)O[C@@H]1CO[C@H]2[C@@H]1OC[C@H]2Oc1nc2cc(Cl)c(NC3CC(F)(F)c4cc(Br)cc(F)c43)nc2n1COCC[Si](C)(C)C. The molecule has 16 heteroatoms. The molecule has 1 aromatic carbocycles. The molecule has 1 aliphatic carbocycles. The molecule has 6 rings (SSSR count). The van der Waals surface area contributed by atoms with E-state index in [4.69, 9.17) is 44.9 Å². The van der Waals surface area contributed by atoms with Crippen LogP contribution in [0, 0.1) is 5.82 Å². The van der Waals surface area contributed by atoms with Gasteiger partial charge in [0.1, 0.15) is 36.1 Å². The number of nitrogens with zero attached hydrogens (tertiary/aromatic N) is 3. The second kappa shape index (κ2) is 13.4. The lowest BCUT2D eigenvalue weighted by Crippen LogP contribution is -2.47. The lowest BCUT2D eigenvalue weighted by Gasteiger charge is -2.39. The molecule has 0 saturated carbocycles. The first kappa shape index (κ1) is 37.0. The number of ether oxygens (including phenoxy) is 4. The van der Waals surface area contributed by atoms with Gasteiger partial charge in [-0.1, -0.05) is 67.9 Å². The highest BCUT2D eigenvalue weighted by atomic mass is 79.9. The fraction of sp³-hybridized carbons (Fsp3) is 0.636. The molecule has 2 aliphatic heterocycles. The number of imidazole rings is 1. The molecule has 49 heavy (non-hydrogen) atoms. The van der Waals surface area contributed by atoms with Gasteiger partial charge in [-0.2, -0.15) is 4.98 Å². The summed E-state index contributed by atoms with van der Waals surface area (Å²) in [6.07, 6.45) is -1.95. The molecule has 3 aliphatic rings. The first-order valence-corrected chi connectivity index (χ1v) is 24.4. The number of aromatic nitrogens is 3. The molecule has 0 spiro atoms. The van der Waals surface area contributed by atoms with Gasteiger partial charge in [-0.15, -0.1) is 0 Å². The molecule has 1 unspecified atom stereocenters. The number of hydrogen-bond acceptors (Lipinski definition) is 8. The topological polar surface area (TPSA) is 88.9 Å². The van der Waals surface area contributed by atoms with E-state index in [1.165, 1.54) is 12.1 Å². The summed E-state index contributed by atoms with van der Waals surface area (Å²) in [7, 11) is -3.44. The summed E-state index contributed by atoms with van der Waals surface area (Å²) in [5.41, 5.74) is 0.321. The van der Waals surface area contributed by atoms with Gasteiger partial charge in [-0.05, 0) is 42.4 Å². The third-order valence-electron chi connectivity index (χ3n) is 9.94. The van der Waals surface area contributed by atoms with Crippen LogP contribution in [0.5, 0.6) is 6.01 Å². The number of benzene rings is 1. The molecule has 2 aromatic heterocycles. The van der Waals surface area contributed by atoms with Crippen molar-refractivity contribution in [2.75, 3.05) is 25.1 Å². The van der Waals surface area contributed by atoms with Crippen LogP contribution in [0.4, 0.5) is 19.0 Å². The first-order chi connectivity index (χ1) is 22.7. The molecule has 3 aromatic rings. The van der Waals surface area contributed by atoms with E-state index in [0.717, 1.165) is 6.04 Å². The zero-order valence-corrected chi connectivity index (χ0v) is 33.5. The highest BCUT2D eigenvalue weighted by molar-refractivity contribution is 9.10. The van der Waals surface area contributed by atoms with Crippen molar-refractivity contribution in [1.82, 2.24) is 14.5 Å². The van der Waals surface area contributed by atoms with Crippen molar-refractivity contribution >= 4 is 60.9 Å². The lowest BCUT2D eigenvalue weighted by molar-refractivity contribution is -0.00535. The van der Waals surface area contributed by atoms with Crippen LogP contribution in [0.25, 0.3) is 11.2 Å². The van der Waals surface area contributed by atoms with Gasteiger partial charge in [0.15, 0.2) is 20.1 Å². The first-order valence-electron chi connectivity index (χ1n) is 16.6. The summed E-state index contributed by atoms with van der Waals surface area (Å²) in [6, 6.07) is 4.14. The zero-order chi connectivity index (χ0) is 35.7. The summed E-state index contributed by atoms with van der Waals surface area (Å²) >= 11 is 9.77. The number of anilines is 1. The van der Waals surface area contributed by atoms with Gasteiger partial charge in [0.05, 0.1) is 30.4 Å². The van der Waals surface area contributed by atoms with Gasteiger partial charge >= 0.3 is 6.01 Å². The Balaban J connectivity index is 1.27. The van der Waals surface area contributed by atoms with Crippen LogP contribution in [0.15, 0.2) is 22.7 Å². The fourth-order valence-electron chi connectivity index (χ4n) is 6.17. The molecule has 0 bridgehead atoms. The molecule has 0 amide bonds. The number of alkyl halides is 2. The van der Waals surface area contributed by atoms with Crippen LogP contribution in [0.3, 0.4) is 0 Å². The largest absolute Gasteiger partial charge is 0.456 e. The molecule has 0 radical (unpaired) electrons. The minimum atomic E-state index is -3.24. The molecule has 270 valence electrons. The van der Waals surface area contributed by atoms with Crippen LogP contribution >= 0.6 is 27.5 Å². The van der Waals surface area contributed by atoms with Crippen molar-refractivity contribution in [3.05, 3.63) is 44.6 Å². The number of pyridine rings is 1. The average Bonchev–Trinajstić information content (AvgIpc) is 3.69. The number of nitrogens with one attached hydrogen (secondary N) is 1. The molecule has 4 heterocycles. The van der Waals surface area contributed by atoms with Gasteiger partial charge in [-0.3, -0.25) is 4.57 Å². The third kappa shape index (κ3) is 7.60. The van der Waals surface area contributed by atoms with E-state index in [-0.39, 0.29) is 69.1 Å². The molecule has 9 nitrogen and oxygen atoms in total. The Hall–Kier alpha value is -1.73. The van der Waals surface area contributed by atoms with E-state index in [0.29, 0.717) is 24.4 Å². The smallest absolute Gasteiger partial charge is 0.301 e. The average molecular weight is 806 g/mol. The van der Waals surface area contributed by atoms with E-state index in [2.05, 4.69) is 74.8 Å². The Bertz CT molecular complexity index is 1720. The maximum Gasteiger partial charge on any atom is 0.301 e. The molecular weight excluding hydrogens is 761 g/mol. The standard InChI is InChI=1S/C33H45BrClF3N4O5Si2/c1-32(2,3)49(7,8)47-25-16-45-27-24(15-44-28(25)27)46-31-40-22-13-20(35)29(41-30(22)42(31)17-43-9-10-48(4,5)6)39-23-14-33(37,38)19-11-18(34)12-21(36)26(19)23/h11-13,23-25,27-28H,9-10,14-17H2,1-8H3,(H,39,41)/t23?,24-,25-,27-,28-/m1/s1. The maximum absolute atomic E-state index is 15.0. The van der Waals surface area contributed by atoms with Crippen molar-refractivity contribution in [2.45, 2.75) is 114 Å². The summed E-state index contributed by atoms with van der Waals surface area (Å²) in [4.78, 5) is 9.44. The Morgan fingerprint density at radius 3 is 2.41 bits per heavy atom. The molecule has 1 N–H and O–H groups in total. The second-order valence-electron chi connectivity index (χ2n) is 16.0. The number of rotatable bonds is 11. The van der Waals surface area contributed by atoms with E-state index >= 15 is 13.2 Å². The van der Waals surface area contributed by atoms with E-state index in [1.54, 1.807) is 10.6 Å². The highest BCUT2D eigenvalue weighted by Crippen LogP contribution is 2.50. The monoisotopic (exact) mass is 804 g/mol. The Kier molecular flexibility index (Phi) is 10.1. The summed E-state index contributed by atoms with van der Waals surface area (Å²) < 4.78 is 78.7. The van der Waals surface area contributed by atoms with Crippen molar-refractivity contribution in [3.8, 4) is 6.01 Å². The highest BCUT2D eigenvalue weighted by Gasteiger charge is 2.53. The molecular formula is C33H45BrClF3N4O5Si2. The predicted octanol–water partition coefficient (Wildman–Crippen LogP) is 8.88. The van der Waals surface area contributed by atoms with Crippen LogP contribution in [0.1, 0.15) is 44.4 Å². The Morgan fingerprint density at radius 1 is 1.06 bits per heavy atom. The number of halogens is 5. The van der Waals surface area contributed by atoms with Crippen LogP contribution < -0.4 is 10.1 Å². The summed E-state index contributed by atoms with van der Waals surface area (Å²) in [5.74, 6) is -3.86. The summed E-state index contributed by atoms with van der Waals surface area (Å²) in [5, 5.41) is 3.17.